The molecule has 0 radical (unpaired) electrons. The van der Waals surface area contributed by atoms with E-state index in [-0.39, 0.29) is 5.02 Å². The monoisotopic (exact) mass is 286 g/mol. The molecule has 98 valence electrons. The molecular formula is C13H16ClFN2S. The first kappa shape index (κ1) is 13.7. The minimum Gasteiger partial charge on any atom is -0.335 e. The molecule has 1 N–H and O–H groups in total. The van der Waals surface area contributed by atoms with Gasteiger partial charge in [0.15, 0.2) is 5.17 Å². The first-order valence-electron chi connectivity index (χ1n) is 5.99. The van der Waals surface area contributed by atoms with E-state index >= 15 is 0 Å². The summed E-state index contributed by atoms with van der Waals surface area (Å²) in [5.41, 5.74) is 0.688. The average molecular weight is 287 g/mol. The van der Waals surface area contributed by atoms with Gasteiger partial charge in [-0.05, 0) is 30.5 Å². The van der Waals surface area contributed by atoms with Crippen molar-refractivity contribution >= 4 is 34.2 Å². The summed E-state index contributed by atoms with van der Waals surface area (Å²) in [4.78, 5) is 4.64. The largest absolute Gasteiger partial charge is 0.335 e. The van der Waals surface area contributed by atoms with Crippen molar-refractivity contribution in [2.24, 2.45) is 10.9 Å². The van der Waals surface area contributed by atoms with Crippen molar-refractivity contribution in [2.45, 2.75) is 26.3 Å². The summed E-state index contributed by atoms with van der Waals surface area (Å²) >= 11 is 7.32. The first-order valence-corrected chi connectivity index (χ1v) is 7.35. The topological polar surface area (TPSA) is 24.4 Å². The SMILES string of the molecule is CC(C)C1CCSC(Nc2ccc(Cl)c(F)c2)=N1. The molecule has 0 spiro atoms. The number of benzene rings is 1. The second kappa shape index (κ2) is 5.93. The number of hydrogen-bond donors (Lipinski definition) is 1. The van der Waals surface area contributed by atoms with Crippen molar-refractivity contribution in [2.75, 3.05) is 11.1 Å². The smallest absolute Gasteiger partial charge is 0.161 e. The lowest BCUT2D eigenvalue weighted by atomic mass is 10.0. The molecule has 1 unspecified atom stereocenters. The summed E-state index contributed by atoms with van der Waals surface area (Å²) in [6, 6.07) is 5.05. The van der Waals surface area contributed by atoms with E-state index < -0.39 is 5.82 Å². The van der Waals surface area contributed by atoms with E-state index in [4.69, 9.17) is 11.6 Å². The third kappa shape index (κ3) is 3.39. The fourth-order valence-corrected chi connectivity index (χ4v) is 2.85. The zero-order chi connectivity index (χ0) is 13.1. The third-order valence-electron chi connectivity index (χ3n) is 2.88. The van der Waals surface area contributed by atoms with Crippen LogP contribution in [0.3, 0.4) is 0 Å². The summed E-state index contributed by atoms with van der Waals surface area (Å²) in [5, 5.41) is 4.15. The van der Waals surface area contributed by atoms with Crippen LogP contribution in [0.25, 0.3) is 0 Å². The number of halogens is 2. The highest BCUT2D eigenvalue weighted by Gasteiger charge is 2.18. The van der Waals surface area contributed by atoms with Crippen LogP contribution in [-0.4, -0.2) is 17.0 Å². The number of amidine groups is 1. The van der Waals surface area contributed by atoms with E-state index in [1.165, 1.54) is 6.07 Å². The number of aliphatic imine (C=N–C) groups is 1. The molecule has 0 bridgehead atoms. The van der Waals surface area contributed by atoms with Gasteiger partial charge < -0.3 is 5.32 Å². The Morgan fingerprint density at radius 3 is 2.94 bits per heavy atom. The van der Waals surface area contributed by atoms with Gasteiger partial charge in [-0.3, -0.25) is 4.99 Å². The molecule has 2 rings (SSSR count). The molecule has 1 aromatic carbocycles. The van der Waals surface area contributed by atoms with Crippen molar-refractivity contribution in [1.82, 2.24) is 0 Å². The normalized spacial score (nSPS) is 19.8. The maximum absolute atomic E-state index is 13.3. The molecule has 0 amide bonds. The van der Waals surface area contributed by atoms with Crippen molar-refractivity contribution in [3.8, 4) is 0 Å². The number of rotatable bonds is 2. The average Bonchev–Trinajstić information content (AvgIpc) is 2.34. The highest BCUT2D eigenvalue weighted by Crippen LogP contribution is 2.25. The lowest BCUT2D eigenvalue weighted by Crippen LogP contribution is -2.23. The van der Waals surface area contributed by atoms with Crippen molar-refractivity contribution in [3.05, 3.63) is 29.0 Å². The first-order chi connectivity index (χ1) is 8.56. The molecule has 18 heavy (non-hydrogen) atoms. The Morgan fingerprint density at radius 1 is 1.50 bits per heavy atom. The number of anilines is 1. The maximum atomic E-state index is 13.3. The van der Waals surface area contributed by atoms with Crippen LogP contribution in [0.1, 0.15) is 20.3 Å². The van der Waals surface area contributed by atoms with Crippen LogP contribution in [0.5, 0.6) is 0 Å². The molecule has 1 heterocycles. The predicted octanol–water partition coefficient (Wildman–Crippen LogP) is 4.41. The van der Waals surface area contributed by atoms with Crippen molar-refractivity contribution < 1.29 is 4.39 Å². The minimum atomic E-state index is -0.413. The van der Waals surface area contributed by atoms with Gasteiger partial charge in [0, 0.05) is 11.4 Å². The van der Waals surface area contributed by atoms with Gasteiger partial charge in [-0.25, -0.2) is 4.39 Å². The van der Waals surface area contributed by atoms with Crippen molar-refractivity contribution in [3.63, 3.8) is 0 Å². The van der Waals surface area contributed by atoms with Crippen LogP contribution in [0.4, 0.5) is 10.1 Å². The molecule has 0 aliphatic carbocycles. The molecule has 5 heteroatoms. The molecule has 1 aliphatic rings. The quantitative estimate of drug-likeness (QED) is 0.871. The van der Waals surface area contributed by atoms with Crippen LogP contribution in [-0.2, 0) is 0 Å². The summed E-state index contributed by atoms with van der Waals surface area (Å²) in [6.45, 7) is 4.34. The molecule has 2 nitrogen and oxygen atoms in total. The molecule has 0 fully saturated rings. The number of nitrogens with one attached hydrogen (secondary N) is 1. The van der Waals surface area contributed by atoms with E-state index in [2.05, 4.69) is 24.2 Å². The number of hydrogen-bond acceptors (Lipinski definition) is 3. The van der Waals surface area contributed by atoms with Gasteiger partial charge >= 0.3 is 0 Å². The van der Waals surface area contributed by atoms with E-state index in [1.54, 1.807) is 23.9 Å². The van der Waals surface area contributed by atoms with E-state index in [0.29, 0.717) is 17.6 Å². The molecule has 0 saturated heterocycles. The second-order valence-electron chi connectivity index (χ2n) is 4.64. The van der Waals surface area contributed by atoms with E-state index in [9.17, 15) is 4.39 Å². The third-order valence-corrected chi connectivity index (χ3v) is 4.10. The Hall–Kier alpha value is -0.740. The standard InChI is InChI=1S/C13H16ClFN2S/c1-8(2)12-5-6-18-13(17-12)16-9-3-4-10(14)11(15)7-9/h3-4,7-8,12H,5-6H2,1-2H3,(H,16,17). The molecule has 0 aromatic heterocycles. The maximum Gasteiger partial charge on any atom is 0.161 e. The Balaban J connectivity index is 2.10. The van der Waals surface area contributed by atoms with Gasteiger partial charge in [-0.1, -0.05) is 37.2 Å². The second-order valence-corrected chi connectivity index (χ2v) is 6.13. The fraction of sp³-hybridized carbons (Fsp3) is 0.462. The summed E-state index contributed by atoms with van der Waals surface area (Å²) in [7, 11) is 0. The van der Waals surface area contributed by atoms with Gasteiger partial charge in [0.25, 0.3) is 0 Å². The van der Waals surface area contributed by atoms with Gasteiger partial charge in [0.1, 0.15) is 5.82 Å². The number of nitrogens with zero attached hydrogens (tertiary/aromatic N) is 1. The van der Waals surface area contributed by atoms with Gasteiger partial charge in [-0.2, -0.15) is 0 Å². The molecular weight excluding hydrogens is 271 g/mol. The van der Waals surface area contributed by atoms with Crippen LogP contribution in [0, 0.1) is 11.7 Å². The fourth-order valence-electron chi connectivity index (χ4n) is 1.78. The number of thioether (sulfide) groups is 1. The summed E-state index contributed by atoms with van der Waals surface area (Å²) in [5.74, 6) is 1.17. The lowest BCUT2D eigenvalue weighted by Gasteiger charge is -2.23. The van der Waals surface area contributed by atoms with E-state index in [1.807, 2.05) is 0 Å². The van der Waals surface area contributed by atoms with Crippen LogP contribution >= 0.6 is 23.4 Å². The highest BCUT2D eigenvalue weighted by molar-refractivity contribution is 8.14. The predicted molar refractivity (Wildman–Crippen MR) is 78.2 cm³/mol. The van der Waals surface area contributed by atoms with Crippen LogP contribution in [0.2, 0.25) is 5.02 Å². The van der Waals surface area contributed by atoms with E-state index in [0.717, 1.165) is 17.3 Å². The van der Waals surface area contributed by atoms with Crippen molar-refractivity contribution in [1.29, 1.82) is 0 Å². The molecule has 1 atom stereocenters. The van der Waals surface area contributed by atoms with Gasteiger partial charge in [0.05, 0.1) is 11.1 Å². The van der Waals surface area contributed by atoms with Crippen LogP contribution < -0.4 is 5.32 Å². The Bertz CT molecular complexity index is 462. The zero-order valence-corrected chi connectivity index (χ0v) is 12.0. The minimum absolute atomic E-state index is 0.138. The lowest BCUT2D eigenvalue weighted by molar-refractivity contribution is 0.485. The molecule has 1 aromatic rings. The molecule has 1 aliphatic heterocycles. The van der Waals surface area contributed by atoms with Crippen LogP contribution in [0.15, 0.2) is 23.2 Å². The van der Waals surface area contributed by atoms with Gasteiger partial charge in [-0.15, -0.1) is 0 Å². The Morgan fingerprint density at radius 2 is 2.28 bits per heavy atom. The summed E-state index contributed by atoms with van der Waals surface area (Å²) in [6.07, 6.45) is 1.10. The highest BCUT2D eigenvalue weighted by atomic mass is 35.5. The zero-order valence-electron chi connectivity index (χ0n) is 10.4. The Labute approximate surface area is 116 Å². The molecule has 0 saturated carbocycles. The van der Waals surface area contributed by atoms with Gasteiger partial charge in [0.2, 0.25) is 0 Å². The summed E-state index contributed by atoms with van der Waals surface area (Å²) < 4.78 is 13.3. The Kier molecular flexibility index (Phi) is 4.51.